The van der Waals surface area contributed by atoms with Gasteiger partial charge in [-0.05, 0) is 20.8 Å². The highest BCUT2D eigenvalue weighted by Crippen LogP contribution is 1.98. The van der Waals surface area contributed by atoms with Crippen molar-refractivity contribution < 1.29 is 9.90 Å². The molecule has 7 nitrogen and oxygen atoms in total. The second-order valence-corrected chi connectivity index (χ2v) is 4.31. The Morgan fingerprint density at radius 2 is 2.21 bits per heavy atom. The number of rotatable bonds is 8. The molecule has 2 N–H and O–H groups in total. The Hall–Kier alpha value is -1.47. The van der Waals surface area contributed by atoms with Gasteiger partial charge in [0, 0.05) is 25.8 Å². The molecule has 0 aromatic carbocycles. The van der Waals surface area contributed by atoms with Crippen molar-refractivity contribution in [3.05, 3.63) is 11.9 Å². The van der Waals surface area contributed by atoms with Crippen LogP contribution in [-0.2, 0) is 17.9 Å². The second-order valence-electron chi connectivity index (χ2n) is 4.31. The van der Waals surface area contributed by atoms with Crippen LogP contribution in [0.1, 0.15) is 26.5 Å². The Morgan fingerprint density at radius 3 is 2.79 bits per heavy atom. The lowest BCUT2D eigenvalue weighted by molar-refractivity contribution is -0.132. The van der Waals surface area contributed by atoms with Crippen LogP contribution < -0.4 is 5.32 Å². The molecule has 0 spiro atoms. The van der Waals surface area contributed by atoms with Gasteiger partial charge in [-0.25, -0.2) is 4.68 Å². The smallest absolute Gasteiger partial charge is 0.239 e. The molecule has 1 amide bonds. The van der Waals surface area contributed by atoms with E-state index in [4.69, 9.17) is 5.11 Å². The van der Waals surface area contributed by atoms with Crippen LogP contribution in [0.25, 0.3) is 0 Å². The second kappa shape index (κ2) is 7.85. The molecule has 0 saturated carbocycles. The van der Waals surface area contributed by atoms with Crippen LogP contribution in [0, 0.1) is 0 Å². The van der Waals surface area contributed by atoms with Gasteiger partial charge in [0.25, 0.3) is 0 Å². The van der Waals surface area contributed by atoms with Crippen LogP contribution in [0.2, 0.25) is 0 Å². The summed E-state index contributed by atoms with van der Waals surface area (Å²) in [5.41, 5.74) is 0.757. The van der Waals surface area contributed by atoms with E-state index in [1.807, 2.05) is 20.8 Å². The number of likely N-dealkylation sites (N-methyl/N-ethyl adjacent to an activating group) is 1. The maximum absolute atomic E-state index is 12.0. The van der Waals surface area contributed by atoms with E-state index in [1.165, 1.54) is 0 Å². The van der Waals surface area contributed by atoms with Crippen LogP contribution in [0.15, 0.2) is 6.20 Å². The fourth-order valence-corrected chi connectivity index (χ4v) is 1.79. The van der Waals surface area contributed by atoms with Crippen molar-refractivity contribution in [3.8, 4) is 0 Å². The number of nitrogens with zero attached hydrogens (tertiary/aromatic N) is 4. The normalized spacial score (nSPS) is 12.4. The number of nitrogens with one attached hydrogen (secondary N) is 1. The van der Waals surface area contributed by atoms with E-state index in [-0.39, 0.29) is 18.6 Å². The highest BCUT2D eigenvalue weighted by Gasteiger charge is 2.17. The predicted octanol–water partition coefficient (Wildman–Crippen LogP) is -0.383. The topological polar surface area (TPSA) is 83.3 Å². The first-order valence-corrected chi connectivity index (χ1v) is 6.64. The number of hydrogen-bond acceptors (Lipinski definition) is 5. The zero-order valence-electron chi connectivity index (χ0n) is 11.8. The van der Waals surface area contributed by atoms with Crippen molar-refractivity contribution in [2.45, 2.75) is 39.9 Å². The van der Waals surface area contributed by atoms with Crippen molar-refractivity contribution in [2.24, 2.45) is 0 Å². The molecule has 7 heteroatoms. The van der Waals surface area contributed by atoms with Crippen LogP contribution >= 0.6 is 0 Å². The van der Waals surface area contributed by atoms with E-state index in [0.29, 0.717) is 26.2 Å². The lowest BCUT2D eigenvalue weighted by Crippen LogP contribution is -2.44. The van der Waals surface area contributed by atoms with Gasteiger partial charge < -0.3 is 15.3 Å². The predicted molar refractivity (Wildman–Crippen MR) is 71.3 cm³/mol. The number of aliphatic hydroxyl groups is 1. The minimum absolute atomic E-state index is 0.0348. The number of carbonyl (C=O) groups is 1. The van der Waals surface area contributed by atoms with E-state index in [0.717, 1.165) is 5.69 Å². The third kappa shape index (κ3) is 4.60. The lowest BCUT2D eigenvalue weighted by atomic mass is 10.2. The largest absolute Gasteiger partial charge is 0.394 e. The van der Waals surface area contributed by atoms with Crippen LogP contribution in [0.3, 0.4) is 0 Å². The molecule has 1 unspecified atom stereocenters. The molecule has 19 heavy (non-hydrogen) atoms. The minimum atomic E-state index is -0.247. The summed E-state index contributed by atoms with van der Waals surface area (Å²) in [5, 5.41) is 19.7. The average Bonchev–Trinajstić information content (AvgIpc) is 2.85. The molecule has 108 valence electrons. The van der Waals surface area contributed by atoms with Crippen molar-refractivity contribution in [3.63, 3.8) is 0 Å². The first-order chi connectivity index (χ1) is 9.12. The molecule has 1 atom stereocenters. The summed E-state index contributed by atoms with van der Waals surface area (Å²) in [5.74, 6) is 0.0905. The monoisotopic (exact) mass is 269 g/mol. The molecule has 0 radical (unpaired) electrons. The quantitative estimate of drug-likeness (QED) is 0.672. The van der Waals surface area contributed by atoms with Gasteiger partial charge in [0.2, 0.25) is 5.91 Å². The number of aromatic nitrogens is 3. The van der Waals surface area contributed by atoms with Crippen molar-refractivity contribution >= 4 is 5.91 Å². The average molecular weight is 269 g/mol. The van der Waals surface area contributed by atoms with E-state index in [1.54, 1.807) is 15.8 Å². The summed E-state index contributed by atoms with van der Waals surface area (Å²) >= 11 is 0. The van der Waals surface area contributed by atoms with Crippen LogP contribution in [0.4, 0.5) is 0 Å². The van der Waals surface area contributed by atoms with Gasteiger partial charge in [0.15, 0.2) is 0 Å². The maximum Gasteiger partial charge on any atom is 0.239 e. The molecular formula is C12H23N5O2. The summed E-state index contributed by atoms with van der Waals surface area (Å²) < 4.78 is 1.58. The van der Waals surface area contributed by atoms with E-state index in [2.05, 4.69) is 15.6 Å². The Balaban J connectivity index is 2.44. The third-order valence-electron chi connectivity index (χ3n) is 2.95. The van der Waals surface area contributed by atoms with E-state index < -0.39 is 0 Å². The molecule has 0 aliphatic rings. The Morgan fingerprint density at radius 1 is 1.53 bits per heavy atom. The maximum atomic E-state index is 12.0. The molecule has 1 aromatic heterocycles. The molecule has 1 heterocycles. The first-order valence-electron chi connectivity index (χ1n) is 6.64. The zero-order chi connectivity index (χ0) is 14.3. The standard InChI is InChI=1S/C12H23N5O2/c1-4-16(5-2)12(19)10(3)13-8-11-9-17(6-7-18)15-14-11/h9-10,13,18H,4-8H2,1-3H3. The van der Waals surface area contributed by atoms with Crippen molar-refractivity contribution in [1.82, 2.24) is 25.2 Å². The van der Waals surface area contributed by atoms with E-state index >= 15 is 0 Å². The van der Waals surface area contributed by atoms with Gasteiger partial charge in [0.05, 0.1) is 24.9 Å². The van der Waals surface area contributed by atoms with Gasteiger partial charge in [-0.1, -0.05) is 5.21 Å². The number of amides is 1. The zero-order valence-corrected chi connectivity index (χ0v) is 11.8. The van der Waals surface area contributed by atoms with E-state index in [9.17, 15) is 4.79 Å². The highest BCUT2D eigenvalue weighted by atomic mass is 16.3. The Bertz CT molecular complexity index is 389. The fraction of sp³-hybridized carbons (Fsp3) is 0.750. The lowest BCUT2D eigenvalue weighted by Gasteiger charge is -2.23. The molecule has 1 rings (SSSR count). The van der Waals surface area contributed by atoms with Crippen molar-refractivity contribution in [2.75, 3.05) is 19.7 Å². The summed E-state index contributed by atoms with van der Waals surface area (Å²) in [7, 11) is 0. The Labute approximate surface area is 113 Å². The molecule has 1 aromatic rings. The Kier molecular flexibility index (Phi) is 6.44. The molecular weight excluding hydrogens is 246 g/mol. The molecule has 0 bridgehead atoms. The molecule has 0 aliphatic heterocycles. The van der Waals surface area contributed by atoms with Gasteiger partial charge in [-0.15, -0.1) is 5.10 Å². The summed E-state index contributed by atoms with van der Waals surface area (Å²) in [6.45, 7) is 8.16. The summed E-state index contributed by atoms with van der Waals surface area (Å²) in [6, 6.07) is -0.247. The van der Waals surface area contributed by atoms with Gasteiger partial charge in [0.1, 0.15) is 0 Å². The van der Waals surface area contributed by atoms with Crippen molar-refractivity contribution in [1.29, 1.82) is 0 Å². The number of aliphatic hydroxyl groups excluding tert-OH is 1. The third-order valence-corrected chi connectivity index (χ3v) is 2.95. The molecule has 0 saturated heterocycles. The highest BCUT2D eigenvalue weighted by molar-refractivity contribution is 5.81. The summed E-state index contributed by atoms with van der Waals surface area (Å²) in [6.07, 6.45) is 1.76. The SMILES string of the molecule is CCN(CC)C(=O)C(C)NCc1cn(CCO)nn1. The minimum Gasteiger partial charge on any atom is -0.394 e. The first kappa shape index (κ1) is 15.6. The van der Waals surface area contributed by atoms with Gasteiger partial charge in [-0.2, -0.15) is 0 Å². The summed E-state index contributed by atoms with van der Waals surface area (Å²) in [4.78, 5) is 13.8. The van der Waals surface area contributed by atoms with Crippen LogP contribution in [-0.4, -0.2) is 56.6 Å². The number of carbonyl (C=O) groups excluding carboxylic acids is 1. The van der Waals surface area contributed by atoms with Crippen LogP contribution in [0.5, 0.6) is 0 Å². The van der Waals surface area contributed by atoms with Gasteiger partial charge >= 0.3 is 0 Å². The van der Waals surface area contributed by atoms with Gasteiger partial charge in [-0.3, -0.25) is 4.79 Å². The molecule has 0 aliphatic carbocycles. The fourth-order valence-electron chi connectivity index (χ4n) is 1.79. The molecule has 0 fully saturated rings. The number of hydrogen-bond donors (Lipinski definition) is 2.